The van der Waals surface area contributed by atoms with Gasteiger partial charge in [-0.25, -0.2) is 12.8 Å². The van der Waals surface area contributed by atoms with Crippen molar-refractivity contribution in [2.24, 2.45) is 0 Å². The number of carboxylic acid groups (broad SMARTS) is 1. The van der Waals surface area contributed by atoms with Crippen molar-refractivity contribution in [2.75, 3.05) is 10.8 Å². The molecule has 2 rings (SSSR count). The maximum atomic E-state index is 14.3. The molecule has 0 heterocycles. The van der Waals surface area contributed by atoms with Crippen LogP contribution in [0.25, 0.3) is 0 Å². The third-order valence-corrected chi connectivity index (χ3v) is 5.80. The van der Waals surface area contributed by atoms with Crippen LogP contribution in [-0.4, -0.2) is 31.0 Å². The van der Waals surface area contributed by atoms with Crippen LogP contribution < -0.4 is 4.31 Å². The highest BCUT2D eigenvalue weighted by Gasteiger charge is 2.31. The van der Waals surface area contributed by atoms with Crippen LogP contribution in [0.3, 0.4) is 0 Å². The van der Waals surface area contributed by atoms with Gasteiger partial charge in [-0.15, -0.1) is 0 Å². The monoisotopic (exact) mass is 446 g/mol. The lowest BCUT2D eigenvalue weighted by Crippen LogP contribution is -2.36. The molecule has 138 valence electrons. The fourth-order valence-corrected chi connectivity index (χ4v) is 4.21. The van der Waals surface area contributed by atoms with Crippen LogP contribution in [0, 0.1) is 22.9 Å². The number of anilines is 1. The zero-order valence-electron chi connectivity index (χ0n) is 13.2. The summed E-state index contributed by atoms with van der Waals surface area (Å²) >= 11 is 3.03. The zero-order valence-corrected chi connectivity index (χ0v) is 15.6. The van der Waals surface area contributed by atoms with Gasteiger partial charge in [0, 0.05) is 16.6 Å². The largest absolute Gasteiger partial charge is 0.480 e. The quantitative estimate of drug-likeness (QED) is 0.537. The number of hydrogen-bond acceptors (Lipinski definition) is 5. The van der Waals surface area contributed by atoms with Gasteiger partial charge in [-0.05, 0) is 30.7 Å². The van der Waals surface area contributed by atoms with E-state index in [0.29, 0.717) is 8.78 Å². The first kappa shape index (κ1) is 19.8. The molecule has 0 unspecified atom stereocenters. The molecule has 0 atom stereocenters. The number of carbonyl (C=O) groups is 1. The van der Waals surface area contributed by atoms with Crippen molar-refractivity contribution in [1.82, 2.24) is 0 Å². The molecule has 0 spiro atoms. The lowest BCUT2D eigenvalue weighted by Gasteiger charge is -2.24. The number of aliphatic carboxylic acids is 1. The molecule has 11 heteroatoms. The molecule has 0 aliphatic carbocycles. The summed E-state index contributed by atoms with van der Waals surface area (Å²) in [5.74, 6) is -2.48. The Labute approximate surface area is 156 Å². The van der Waals surface area contributed by atoms with Gasteiger partial charge in [-0.3, -0.25) is 19.2 Å². The van der Waals surface area contributed by atoms with Gasteiger partial charge >= 0.3 is 5.97 Å². The standard InChI is InChI=1S/C15H12BrFN2O6S/c1-9-2-4-11(19(22)23)7-14(9)26(24,25)18(8-15(20)21)13-5-3-10(16)6-12(13)17/h2-7H,8H2,1H3,(H,20,21). The molecule has 0 aliphatic rings. The molecule has 26 heavy (non-hydrogen) atoms. The fraction of sp³-hybridized carbons (Fsp3) is 0.133. The number of halogens is 2. The molecular weight excluding hydrogens is 435 g/mol. The number of nitro groups is 1. The number of non-ortho nitro benzene ring substituents is 1. The first-order chi connectivity index (χ1) is 12.0. The Morgan fingerprint density at radius 3 is 2.50 bits per heavy atom. The summed E-state index contributed by atoms with van der Waals surface area (Å²) < 4.78 is 40.9. The highest BCUT2D eigenvalue weighted by Crippen LogP contribution is 2.31. The predicted octanol–water partition coefficient (Wildman–Crippen LogP) is 3.08. The van der Waals surface area contributed by atoms with Crippen LogP contribution >= 0.6 is 15.9 Å². The summed E-state index contributed by atoms with van der Waals surface area (Å²) in [5.41, 5.74) is -0.814. The fourth-order valence-electron chi connectivity index (χ4n) is 2.20. The van der Waals surface area contributed by atoms with E-state index in [1.807, 2.05) is 0 Å². The molecule has 0 aliphatic heterocycles. The van der Waals surface area contributed by atoms with Crippen LogP contribution in [0.15, 0.2) is 45.8 Å². The number of nitro benzene ring substituents is 1. The van der Waals surface area contributed by atoms with Crippen molar-refractivity contribution >= 4 is 43.3 Å². The van der Waals surface area contributed by atoms with E-state index in [2.05, 4.69) is 15.9 Å². The highest BCUT2D eigenvalue weighted by atomic mass is 79.9. The molecule has 1 N–H and O–H groups in total. The lowest BCUT2D eigenvalue weighted by molar-refractivity contribution is -0.385. The smallest absolute Gasteiger partial charge is 0.324 e. The van der Waals surface area contributed by atoms with E-state index in [1.54, 1.807) is 0 Å². The van der Waals surface area contributed by atoms with Crippen LogP contribution in [-0.2, 0) is 14.8 Å². The number of carboxylic acids is 1. The Hall–Kier alpha value is -2.53. The molecule has 0 saturated carbocycles. The molecular formula is C15H12BrFN2O6S. The van der Waals surface area contributed by atoms with Gasteiger partial charge < -0.3 is 5.11 Å². The van der Waals surface area contributed by atoms with Crippen LogP contribution in [0.5, 0.6) is 0 Å². The number of benzene rings is 2. The Kier molecular flexibility index (Phi) is 5.62. The van der Waals surface area contributed by atoms with Crippen molar-refractivity contribution in [3.8, 4) is 0 Å². The van der Waals surface area contributed by atoms with Crippen LogP contribution in [0.4, 0.5) is 15.8 Å². The zero-order chi connectivity index (χ0) is 19.6. The summed E-state index contributed by atoms with van der Waals surface area (Å²) in [6, 6.07) is 6.60. The van der Waals surface area contributed by atoms with Crippen LogP contribution in [0.1, 0.15) is 5.56 Å². The summed E-state index contributed by atoms with van der Waals surface area (Å²) in [7, 11) is -4.58. The minimum Gasteiger partial charge on any atom is -0.480 e. The van der Waals surface area contributed by atoms with Gasteiger partial charge in [0.1, 0.15) is 12.4 Å². The average molecular weight is 447 g/mol. The number of rotatable bonds is 6. The third kappa shape index (κ3) is 3.99. The molecule has 0 saturated heterocycles. The molecule has 0 radical (unpaired) electrons. The molecule has 0 amide bonds. The van der Waals surface area contributed by atoms with E-state index in [0.717, 1.165) is 24.3 Å². The van der Waals surface area contributed by atoms with Crippen LogP contribution in [0.2, 0.25) is 0 Å². The van der Waals surface area contributed by atoms with Crippen molar-refractivity contribution in [3.63, 3.8) is 0 Å². The minimum absolute atomic E-state index is 0.156. The van der Waals surface area contributed by atoms with Gasteiger partial charge in [0.2, 0.25) is 0 Å². The van der Waals surface area contributed by atoms with E-state index < -0.39 is 49.5 Å². The maximum absolute atomic E-state index is 14.3. The topological polar surface area (TPSA) is 118 Å². The summed E-state index contributed by atoms with van der Waals surface area (Å²) in [6.07, 6.45) is 0. The van der Waals surface area contributed by atoms with Gasteiger partial charge in [-0.2, -0.15) is 0 Å². The van der Waals surface area contributed by atoms with E-state index in [-0.39, 0.29) is 5.56 Å². The Morgan fingerprint density at radius 2 is 1.96 bits per heavy atom. The molecule has 0 fully saturated rings. The van der Waals surface area contributed by atoms with Crippen molar-refractivity contribution in [3.05, 3.63) is 62.4 Å². The summed E-state index contributed by atoms with van der Waals surface area (Å²) in [5, 5.41) is 20.0. The van der Waals surface area contributed by atoms with Crippen molar-refractivity contribution in [2.45, 2.75) is 11.8 Å². The molecule has 0 bridgehead atoms. The second-order valence-electron chi connectivity index (χ2n) is 5.21. The maximum Gasteiger partial charge on any atom is 0.324 e. The van der Waals surface area contributed by atoms with Gasteiger partial charge in [0.05, 0.1) is 15.5 Å². The SMILES string of the molecule is Cc1ccc([N+](=O)[O-])cc1S(=O)(=O)N(CC(=O)O)c1ccc(Br)cc1F. The average Bonchev–Trinajstić information content (AvgIpc) is 2.53. The van der Waals surface area contributed by atoms with E-state index >= 15 is 0 Å². The first-order valence-electron chi connectivity index (χ1n) is 6.98. The Bertz CT molecular complexity index is 996. The predicted molar refractivity (Wildman–Crippen MR) is 94.1 cm³/mol. The van der Waals surface area contributed by atoms with Crippen molar-refractivity contribution < 1.29 is 27.6 Å². The minimum atomic E-state index is -4.58. The molecule has 2 aromatic rings. The Balaban J connectivity index is 2.69. The Morgan fingerprint density at radius 1 is 1.31 bits per heavy atom. The van der Waals surface area contributed by atoms with Gasteiger partial charge in [0.25, 0.3) is 15.7 Å². The van der Waals surface area contributed by atoms with E-state index in [1.165, 1.54) is 19.1 Å². The van der Waals surface area contributed by atoms with E-state index in [4.69, 9.17) is 5.11 Å². The second kappa shape index (κ2) is 7.38. The number of aryl methyl sites for hydroxylation is 1. The van der Waals surface area contributed by atoms with Crippen molar-refractivity contribution in [1.29, 1.82) is 0 Å². The first-order valence-corrected chi connectivity index (χ1v) is 9.22. The van der Waals surface area contributed by atoms with Gasteiger partial charge in [0.15, 0.2) is 0 Å². The number of nitrogens with zero attached hydrogens (tertiary/aromatic N) is 2. The summed E-state index contributed by atoms with van der Waals surface area (Å²) in [6.45, 7) is 0.344. The normalized spacial score (nSPS) is 11.2. The molecule has 8 nitrogen and oxygen atoms in total. The molecule has 2 aromatic carbocycles. The second-order valence-corrected chi connectivity index (χ2v) is 7.95. The number of sulfonamides is 1. The highest BCUT2D eigenvalue weighted by molar-refractivity contribution is 9.10. The van der Waals surface area contributed by atoms with Gasteiger partial charge in [-0.1, -0.05) is 22.0 Å². The molecule has 0 aromatic heterocycles. The lowest BCUT2D eigenvalue weighted by atomic mass is 10.2. The number of hydrogen-bond donors (Lipinski definition) is 1. The summed E-state index contributed by atoms with van der Waals surface area (Å²) in [4.78, 5) is 20.8. The van der Waals surface area contributed by atoms with E-state index in [9.17, 15) is 27.7 Å². The third-order valence-electron chi connectivity index (χ3n) is 3.41.